The molecule has 6 nitrogen and oxygen atoms in total. The number of hydrogen-bond donors (Lipinski definition) is 1. The summed E-state index contributed by atoms with van der Waals surface area (Å²) in [5.41, 5.74) is 1.57. The van der Waals surface area contributed by atoms with Crippen molar-refractivity contribution in [3.8, 4) is 11.8 Å². The predicted molar refractivity (Wildman–Crippen MR) is 116 cm³/mol. The van der Waals surface area contributed by atoms with Crippen LogP contribution in [0.3, 0.4) is 0 Å². The van der Waals surface area contributed by atoms with E-state index in [0.29, 0.717) is 29.2 Å². The zero-order chi connectivity index (χ0) is 21.8. The standard InChI is InChI=1S/C24H26N2O4/c1-3-4-5-6-15-30-24(28)19-9-11-21(12-10-19)26-23(27)20(17-25)16-18-7-13-22(29-2)14-8-18/h7-14,16H,3-6,15H2,1-2H3,(H,26,27). The zero-order valence-corrected chi connectivity index (χ0v) is 17.3. The normalized spacial score (nSPS) is 10.8. The van der Waals surface area contributed by atoms with Crippen LogP contribution < -0.4 is 10.1 Å². The van der Waals surface area contributed by atoms with E-state index in [1.54, 1.807) is 55.6 Å². The average Bonchev–Trinajstić information content (AvgIpc) is 2.78. The number of amides is 1. The number of methoxy groups -OCH3 is 1. The van der Waals surface area contributed by atoms with E-state index in [9.17, 15) is 14.9 Å². The molecule has 0 heterocycles. The van der Waals surface area contributed by atoms with Gasteiger partial charge in [0.25, 0.3) is 5.91 Å². The summed E-state index contributed by atoms with van der Waals surface area (Å²) < 4.78 is 10.3. The fourth-order valence-electron chi connectivity index (χ4n) is 2.68. The minimum absolute atomic E-state index is 0.0317. The molecule has 6 heteroatoms. The van der Waals surface area contributed by atoms with E-state index in [1.165, 1.54) is 6.08 Å². The summed E-state index contributed by atoms with van der Waals surface area (Å²) in [7, 11) is 1.57. The summed E-state index contributed by atoms with van der Waals surface area (Å²) >= 11 is 0. The molecule has 0 unspecified atom stereocenters. The summed E-state index contributed by atoms with van der Waals surface area (Å²) in [6.45, 7) is 2.53. The summed E-state index contributed by atoms with van der Waals surface area (Å²) in [4.78, 5) is 24.4. The molecule has 0 bridgehead atoms. The Kier molecular flexibility index (Phi) is 9.14. The minimum Gasteiger partial charge on any atom is -0.497 e. The first-order valence-electron chi connectivity index (χ1n) is 9.91. The Morgan fingerprint density at radius 1 is 1.03 bits per heavy atom. The van der Waals surface area contributed by atoms with E-state index in [0.717, 1.165) is 25.7 Å². The molecule has 1 amide bonds. The number of carbonyl (C=O) groups is 2. The van der Waals surface area contributed by atoms with Crippen molar-refractivity contribution in [2.24, 2.45) is 0 Å². The van der Waals surface area contributed by atoms with Crippen molar-refractivity contribution < 1.29 is 19.1 Å². The van der Waals surface area contributed by atoms with Crippen LogP contribution in [0.1, 0.15) is 48.5 Å². The Morgan fingerprint density at radius 2 is 1.73 bits per heavy atom. The largest absolute Gasteiger partial charge is 0.497 e. The van der Waals surface area contributed by atoms with Gasteiger partial charge in [-0.2, -0.15) is 5.26 Å². The molecule has 0 aromatic heterocycles. The lowest BCUT2D eigenvalue weighted by Crippen LogP contribution is -2.13. The molecule has 1 N–H and O–H groups in total. The molecule has 0 aliphatic carbocycles. The van der Waals surface area contributed by atoms with Crippen molar-refractivity contribution in [1.29, 1.82) is 5.26 Å². The first-order valence-corrected chi connectivity index (χ1v) is 9.91. The zero-order valence-electron chi connectivity index (χ0n) is 17.3. The summed E-state index contributed by atoms with van der Waals surface area (Å²) in [5.74, 6) is -0.226. The molecule has 0 fully saturated rings. The highest BCUT2D eigenvalue weighted by molar-refractivity contribution is 6.09. The lowest BCUT2D eigenvalue weighted by molar-refractivity contribution is -0.112. The molecule has 0 saturated heterocycles. The number of rotatable bonds is 10. The van der Waals surface area contributed by atoms with Gasteiger partial charge in [0.1, 0.15) is 17.4 Å². The number of carbonyl (C=O) groups excluding carboxylic acids is 2. The molecule has 2 aromatic carbocycles. The van der Waals surface area contributed by atoms with Crippen LogP contribution in [0.5, 0.6) is 5.75 Å². The lowest BCUT2D eigenvalue weighted by Gasteiger charge is -2.07. The number of esters is 1. The van der Waals surface area contributed by atoms with Crippen molar-refractivity contribution in [3.05, 3.63) is 65.2 Å². The van der Waals surface area contributed by atoms with Crippen LogP contribution in [0.15, 0.2) is 54.1 Å². The summed E-state index contributed by atoms with van der Waals surface area (Å²) in [6.07, 6.45) is 5.65. The van der Waals surface area contributed by atoms with Crippen molar-refractivity contribution in [1.82, 2.24) is 0 Å². The van der Waals surface area contributed by atoms with Crippen LogP contribution >= 0.6 is 0 Å². The molecule has 0 atom stereocenters. The highest BCUT2D eigenvalue weighted by atomic mass is 16.5. The third kappa shape index (κ3) is 7.10. The Labute approximate surface area is 177 Å². The average molecular weight is 406 g/mol. The Balaban J connectivity index is 1.94. The van der Waals surface area contributed by atoms with Crippen molar-refractivity contribution in [2.75, 3.05) is 19.0 Å². The second-order valence-electron chi connectivity index (χ2n) is 6.67. The number of nitrogens with zero attached hydrogens (tertiary/aromatic N) is 1. The number of nitriles is 1. The predicted octanol–water partition coefficient (Wildman–Crippen LogP) is 4.98. The Bertz CT molecular complexity index is 910. The molecule has 2 rings (SSSR count). The van der Waals surface area contributed by atoms with Crippen molar-refractivity contribution in [3.63, 3.8) is 0 Å². The smallest absolute Gasteiger partial charge is 0.338 e. The van der Waals surface area contributed by atoms with E-state index in [4.69, 9.17) is 9.47 Å². The molecule has 0 spiro atoms. The number of unbranched alkanes of at least 4 members (excludes halogenated alkanes) is 3. The SMILES string of the molecule is CCCCCCOC(=O)c1ccc(NC(=O)C(C#N)=Cc2ccc(OC)cc2)cc1. The fourth-order valence-corrected chi connectivity index (χ4v) is 2.68. The highest BCUT2D eigenvalue weighted by Crippen LogP contribution is 2.16. The molecule has 2 aromatic rings. The Morgan fingerprint density at radius 3 is 2.33 bits per heavy atom. The van der Waals surface area contributed by atoms with Gasteiger partial charge in [0.15, 0.2) is 0 Å². The first-order chi connectivity index (χ1) is 14.6. The van der Waals surface area contributed by atoms with Crippen LogP contribution in [-0.4, -0.2) is 25.6 Å². The van der Waals surface area contributed by atoms with E-state index in [1.807, 2.05) is 6.07 Å². The van der Waals surface area contributed by atoms with E-state index < -0.39 is 5.91 Å². The molecule has 0 radical (unpaired) electrons. The topological polar surface area (TPSA) is 88.4 Å². The third-order valence-corrected chi connectivity index (χ3v) is 4.40. The second kappa shape index (κ2) is 12.1. The van der Waals surface area contributed by atoms with Gasteiger partial charge in [0, 0.05) is 5.69 Å². The number of ether oxygens (including phenoxy) is 2. The van der Waals surface area contributed by atoms with Gasteiger partial charge >= 0.3 is 5.97 Å². The number of benzene rings is 2. The quantitative estimate of drug-likeness (QED) is 0.260. The van der Waals surface area contributed by atoms with Gasteiger partial charge in [0.05, 0.1) is 19.3 Å². The molecule has 0 aliphatic heterocycles. The maximum atomic E-state index is 12.4. The van der Waals surface area contributed by atoms with Gasteiger partial charge < -0.3 is 14.8 Å². The van der Waals surface area contributed by atoms with Crippen LogP contribution in [-0.2, 0) is 9.53 Å². The maximum absolute atomic E-state index is 12.4. The van der Waals surface area contributed by atoms with Gasteiger partial charge in [-0.3, -0.25) is 4.79 Å². The number of hydrogen-bond acceptors (Lipinski definition) is 5. The van der Waals surface area contributed by atoms with Gasteiger partial charge in [-0.05, 0) is 54.5 Å². The maximum Gasteiger partial charge on any atom is 0.338 e. The van der Waals surface area contributed by atoms with Gasteiger partial charge in [-0.1, -0.05) is 38.3 Å². The molecule has 156 valence electrons. The van der Waals surface area contributed by atoms with Crippen LogP contribution in [0.25, 0.3) is 6.08 Å². The first kappa shape index (κ1) is 22.7. The van der Waals surface area contributed by atoms with Crippen molar-refractivity contribution >= 4 is 23.6 Å². The second-order valence-corrected chi connectivity index (χ2v) is 6.67. The summed E-state index contributed by atoms with van der Waals surface area (Å²) in [6, 6.07) is 15.3. The molecular formula is C24H26N2O4. The Hall–Kier alpha value is -3.59. The minimum atomic E-state index is -0.528. The fraction of sp³-hybridized carbons (Fsp3) is 0.292. The molecule has 30 heavy (non-hydrogen) atoms. The molecule has 0 aliphatic rings. The molecule has 0 saturated carbocycles. The van der Waals surface area contributed by atoms with Crippen LogP contribution in [0.2, 0.25) is 0 Å². The van der Waals surface area contributed by atoms with Crippen molar-refractivity contribution in [2.45, 2.75) is 32.6 Å². The van der Waals surface area contributed by atoms with E-state index in [2.05, 4.69) is 12.2 Å². The lowest BCUT2D eigenvalue weighted by atomic mass is 10.1. The summed E-state index contributed by atoms with van der Waals surface area (Å²) in [5, 5.41) is 12.0. The monoisotopic (exact) mass is 406 g/mol. The van der Waals surface area contributed by atoms with Crippen LogP contribution in [0, 0.1) is 11.3 Å². The number of nitrogens with one attached hydrogen (secondary N) is 1. The third-order valence-electron chi connectivity index (χ3n) is 4.40. The van der Waals surface area contributed by atoms with Gasteiger partial charge in [-0.15, -0.1) is 0 Å². The van der Waals surface area contributed by atoms with E-state index in [-0.39, 0.29) is 11.5 Å². The highest BCUT2D eigenvalue weighted by Gasteiger charge is 2.11. The van der Waals surface area contributed by atoms with Gasteiger partial charge in [-0.25, -0.2) is 4.79 Å². The molecular weight excluding hydrogens is 380 g/mol. The van der Waals surface area contributed by atoms with Crippen LogP contribution in [0.4, 0.5) is 5.69 Å². The van der Waals surface area contributed by atoms with Gasteiger partial charge in [0.2, 0.25) is 0 Å². The van der Waals surface area contributed by atoms with E-state index >= 15 is 0 Å². The number of anilines is 1.